The first-order valence-corrected chi connectivity index (χ1v) is 9.06. The van der Waals surface area contributed by atoms with Gasteiger partial charge < -0.3 is 10.2 Å². The third-order valence-corrected chi connectivity index (χ3v) is 4.78. The van der Waals surface area contributed by atoms with Crippen molar-refractivity contribution >= 4 is 11.7 Å². The van der Waals surface area contributed by atoms with Crippen molar-refractivity contribution in [1.29, 1.82) is 5.26 Å². The summed E-state index contributed by atoms with van der Waals surface area (Å²) >= 11 is 0. The second-order valence-electron chi connectivity index (χ2n) is 6.51. The van der Waals surface area contributed by atoms with Crippen LogP contribution in [0.5, 0.6) is 0 Å². The van der Waals surface area contributed by atoms with Crippen molar-refractivity contribution in [2.75, 3.05) is 4.90 Å². The molecule has 0 saturated heterocycles. The fraction of sp³-hybridized carbons (Fsp3) is 0.250. The highest BCUT2D eigenvalue weighted by Crippen LogP contribution is 2.28. The monoisotopic (exact) mass is 373 g/mol. The second-order valence-corrected chi connectivity index (χ2v) is 6.51. The van der Waals surface area contributed by atoms with Crippen LogP contribution in [-0.4, -0.2) is 25.7 Å². The fourth-order valence-corrected chi connectivity index (χ4v) is 3.40. The van der Waals surface area contributed by atoms with E-state index in [9.17, 15) is 10.1 Å². The van der Waals surface area contributed by atoms with Gasteiger partial charge in [0.05, 0.1) is 0 Å². The molecule has 0 fully saturated rings. The van der Waals surface area contributed by atoms with Gasteiger partial charge in [-0.1, -0.05) is 18.2 Å². The summed E-state index contributed by atoms with van der Waals surface area (Å²) in [4.78, 5) is 22.8. The molecule has 1 aromatic carbocycles. The summed E-state index contributed by atoms with van der Waals surface area (Å²) in [5, 5.41) is 16.3. The molecule has 0 saturated carbocycles. The minimum Gasteiger partial charge on any atom is -0.347 e. The van der Waals surface area contributed by atoms with Crippen molar-refractivity contribution < 1.29 is 4.79 Å². The minimum atomic E-state index is -0.139. The molecule has 28 heavy (non-hydrogen) atoms. The van der Waals surface area contributed by atoms with Gasteiger partial charge in [-0.05, 0) is 29.7 Å². The standard InChI is InChI=1S/C20H19N7O/c1-2-27-18(5-6-25-27)20(28)24-11-14-3-4-15-12-26(13-16(15)9-14)19-17(10-21)22-7-8-23-19/h3-9H,2,11-13H2,1H3,(H,24,28). The van der Waals surface area contributed by atoms with Gasteiger partial charge in [0.15, 0.2) is 11.5 Å². The van der Waals surface area contributed by atoms with E-state index >= 15 is 0 Å². The number of aromatic nitrogens is 4. The lowest BCUT2D eigenvalue weighted by atomic mass is 10.1. The Morgan fingerprint density at radius 3 is 2.82 bits per heavy atom. The maximum atomic E-state index is 12.4. The molecule has 3 aromatic rings. The molecule has 1 aliphatic rings. The highest BCUT2D eigenvalue weighted by molar-refractivity contribution is 5.92. The van der Waals surface area contributed by atoms with Gasteiger partial charge in [0, 0.05) is 44.8 Å². The normalized spacial score (nSPS) is 12.5. The lowest BCUT2D eigenvalue weighted by Gasteiger charge is -2.16. The molecule has 3 heterocycles. The topological polar surface area (TPSA) is 99.7 Å². The van der Waals surface area contributed by atoms with Crippen LogP contribution in [0.2, 0.25) is 0 Å². The zero-order valence-electron chi connectivity index (χ0n) is 15.5. The van der Waals surface area contributed by atoms with Crippen LogP contribution in [0.15, 0.2) is 42.9 Å². The Morgan fingerprint density at radius 2 is 2.00 bits per heavy atom. The molecule has 8 nitrogen and oxygen atoms in total. The molecule has 0 atom stereocenters. The van der Waals surface area contributed by atoms with Crippen molar-refractivity contribution in [1.82, 2.24) is 25.1 Å². The number of carbonyl (C=O) groups excluding carboxylic acids is 1. The Balaban J connectivity index is 1.45. The third-order valence-electron chi connectivity index (χ3n) is 4.78. The van der Waals surface area contributed by atoms with Gasteiger partial charge in [0.2, 0.25) is 0 Å². The van der Waals surface area contributed by atoms with Gasteiger partial charge in [0.1, 0.15) is 11.8 Å². The van der Waals surface area contributed by atoms with E-state index in [1.165, 1.54) is 17.3 Å². The van der Waals surface area contributed by atoms with Gasteiger partial charge in [-0.3, -0.25) is 9.48 Å². The number of benzene rings is 1. The molecule has 8 heteroatoms. The number of hydrogen-bond donors (Lipinski definition) is 1. The Kier molecular flexibility index (Phi) is 4.72. The number of nitrogens with zero attached hydrogens (tertiary/aromatic N) is 6. The number of carbonyl (C=O) groups is 1. The predicted octanol–water partition coefficient (Wildman–Crippen LogP) is 2.01. The van der Waals surface area contributed by atoms with Crippen molar-refractivity contribution in [3.8, 4) is 6.07 Å². The third kappa shape index (κ3) is 3.30. The number of anilines is 1. The first-order valence-electron chi connectivity index (χ1n) is 9.06. The zero-order valence-corrected chi connectivity index (χ0v) is 15.5. The van der Waals surface area contributed by atoms with Gasteiger partial charge in [-0.25, -0.2) is 9.97 Å². The minimum absolute atomic E-state index is 0.139. The van der Waals surface area contributed by atoms with Crippen LogP contribution in [0, 0.1) is 11.3 Å². The summed E-state index contributed by atoms with van der Waals surface area (Å²) in [7, 11) is 0. The fourth-order valence-electron chi connectivity index (χ4n) is 3.40. The zero-order chi connectivity index (χ0) is 19.5. The van der Waals surface area contributed by atoms with Crippen LogP contribution in [0.4, 0.5) is 5.82 Å². The molecule has 1 amide bonds. The Bertz CT molecular complexity index is 1070. The average molecular weight is 373 g/mol. The lowest BCUT2D eigenvalue weighted by Crippen LogP contribution is -2.25. The number of nitrogens with one attached hydrogen (secondary N) is 1. The molecule has 0 spiro atoms. The average Bonchev–Trinajstić information content (AvgIpc) is 3.38. The van der Waals surface area contributed by atoms with Crippen molar-refractivity contribution in [3.05, 3.63) is 70.9 Å². The molecule has 0 aliphatic carbocycles. The Morgan fingerprint density at radius 1 is 1.18 bits per heavy atom. The largest absolute Gasteiger partial charge is 0.347 e. The van der Waals surface area contributed by atoms with Crippen molar-refractivity contribution in [2.24, 2.45) is 0 Å². The van der Waals surface area contributed by atoms with Gasteiger partial charge in [-0.2, -0.15) is 10.4 Å². The molecule has 2 aromatic heterocycles. The van der Waals surface area contributed by atoms with E-state index in [0.717, 1.165) is 5.56 Å². The van der Waals surface area contributed by atoms with Crippen LogP contribution in [-0.2, 0) is 26.2 Å². The summed E-state index contributed by atoms with van der Waals surface area (Å²) in [6.45, 7) is 4.39. The van der Waals surface area contributed by atoms with E-state index in [-0.39, 0.29) is 5.91 Å². The highest BCUT2D eigenvalue weighted by atomic mass is 16.2. The van der Waals surface area contributed by atoms with Crippen molar-refractivity contribution in [3.63, 3.8) is 0 Å². The lowest BCUT2D eigenvalue weighted by molar-refractivity contribution is 0.0940. The molecule has 1 N–H and O–H groups in total. The summed E-state index contributed by atoms with van der Waals surface area (Å²) < 4.78 is 1.67. The van der Waals surface area contributed by atoms with Gasteiger partial charge in [-0.15, -0.1) is 0 Å². The number of amides is 1. The number of rotatable bonds is 5. The Hall–Kier alpha value is -3.73. The first kappa shape index (κ1) is 17.7. The quantitative estimate of drug-likeness (QED) is 0.734. The second kappa shape index (κ2) is 7.48. The van der Waals surface area contributed by atoms with E-state index < -0.39 is 0 Å². The summed E-state index contributed by atoms with van der Waals surface area (Å²) in [5.41, 5.74) is 4.27. The SMILES string of the molecule is CCn1nccc1C(=O)NCc1ccc2c(c1)CN(c1nccnc1C#N)C2. The summed E-state index contributed by atoms with van der Waals surface area (Å²) in [5.74, 6) is 0.462. The smallest absolute Gasteiger partial charge is 0.269 e. The van der Waals surface area contributed by atoms with Crippen LogP contribution in [0.25, 0.3) is 0 Å². The molecule has 4 rings (SSSR count). The predicted molar refractivity (Wildman–Crippen MR) is 102 cm³/mol. The first-order chi connectivity index (χ1) is 13.7. The molecule has 0 radical (unpaired) electrons. The summed E-state index contributed by atoms with van der Waals surface area (Å²) in [6, 6.07) is 9.98. The van der Waals surface area contributed by atoms with Crippen LogP contribution in [0.3, 0.4) is 0 Å². The molecule has 1 aliphatic heterocycles. The summed E-state index contributed by atoms with van der Waals surface area (Å²) in [6.07, 6.45) is 4.75. The van der Waals surface area contributed by atoms with Crippen LogP contribution in [0.1, 0.15) is 39.8 Å². The number of hydrogen-bond acceptors (Lipinski definition) is 6. The van der Waals surface area contributed by atoms with E-state index in [1.807, 2.05) is 17.9 Å². The molecular weight excluding hydrogens is 354 g/mol. The number of aryl methyl sites for hydroxylation is 1. The van der Waals surface area contributed by atoms with E-state index in [4.69, 9.17) is 0 Å². The van der Waals surface area contributed by atoms with Crippen LogP contribution >= 0.6 is 0 Å². The van der Waals surface area contributed by atoms with E-state index in [2.05, 4.69) is 38.6 Å². The van der Waals surface area contributed by atoms with Gasteiger partial charge >= 0.3 is 0 Å². The maximum Gasteiger partial charge on any atom is 0.269 e. The number of fused-ring (bicyclic) bond motifs is 1. The molecule has 140 valence electrons. The number of nitriles is 1. The van der Waals surface area contributed by atoms with Gasteiger partial charge in [0.25, 0.3) is 5.91 Å². The molecule has 0 unspecified atom stereocenters. The highest BCUT2D eigenvalue weighted by Gasteiger charge is 2.23. The van der Waals surface area contributed by atoms with E-state index in [0.29, 0.717) is 43.4 Å². The Labute approximate surface area is 162 Å². The molecule has 0 bridgehead atoms. The van der Waals surface area contributed by atoms with E-state index in [1.54, 1.807) is 23.1 Å². The maximum absolute atomic E-state index is 12.4. The van der Waals surface area contributed by atoms with Crippen molar-refractivity contribution in [2.45, 2.75) is 33.1 Å². The molecular formula is C20H19N7O. The van der Waals surface area contributed by atoms with Crippen LogP contribution < -0.4 is 10.2 Å².